The Labute approximate surface area is 149 Å². The van der Waals surface area contributed by atoms with Gasteiger partial charge in [0.15, 0.2) is 5.78 Å². The van der Waals surface area contributed by atoms with E-state index in [1.807, 2.05) is 0 Å². The summed E-state index contributed by atoms with van der Waals surface area (Å²) >= 11 is 0. The molecule has 0 saturated carbocycles. The molecule has 138 valence electrons. The predicted molar refractivity (Wildman–Crippen MR) is 94.1 cm³/mol. The molecule has 0 unspecified atom stereocenters. The molecule has 0 radical (unpaired) electrons. The highest BCUT2D eigenvalue weighted by molar-refractivity contribution is 5.94. The van der Waals surface area contributed by atoms with Crippen LogP contribution in [-0.2, 0) is 18.9 Å². The topological polar surface area (TPSA) is 63.2 Å². The molecule has 1 aromatic rings. The normalized spacial score (nSPS) is 10.4. The number of ether oxygens (including phenoxy) is 5. The van der Waals surface area contributed by atoms with Gasteiger partial charge in [0.2, 0.25) is 0 Å². The van der Waals surface area contributed by atoms with Crippen molar-refractivity contribution in [2.75, 3.05) is 59.5 Å². The summed E-state index contributed by atoms with van der Waals surface area (Å²) in [5, 5.41) is 0. The minimum absolute atomic E-state index is 0.0394. The maximum atomic E-state index is 11.2. The Kier molecular flexibility index (Phi) is 12.2. The van der Waals surface area contributed by atoms with Crippen molar-refractivity contribution in [1.82, 2.24) is 0 Å². The van der Waals surface area contributed by atoms with Crippen LogP contribution in [0.2, 0.25) is 0 Å². The second-order valence-electron chi connectivity index (χ2n) is 5.02. The van der Waals surface area contributed by atoms with E-state index in [1.165, 1.54) is 6.92 Å². The lowest BCUT2D eigenvalue weighted by atomic mass is 10.1. The monoisotopic (exact) mass is 350 g/mol. The molecule has 1 aromatic carbocycles. The van der Waals surface area contributed by atoms with Crippen molar-refractivity contribution >= 4 is 5.78 Å². The molecule has 0 saturated heterocycles. The van der Waals surface area contributed by atoms with Gasteiger partial charge >= 0.3 is 0 Å². The van der Waals surface area contributed by atoms with Gasteiger partial charge in [0, 0.05) is 5.56 Å². The number of hydrogen-bond donors (Lipinski definition) is 0. The third-order valence-corrected chi connectivity index (χ3v) is 3.06. The summed E-state index contributed by atoms with van der Waals surface area (Å²) in [7, 11) is 0. The molecule has 0 fully saturated rings. The van der Waals surface area contributed by atoms with Crippen molar-refractivity contribution in [1.29, 1.82) is 0 Å². The summed E-state index contributed by atoms with van der Waals surface area (Å²) in [6, 6.07) is 7.04. The van der Waals surface area contributed by atoms with E-state index in [0.717, 1.165) is 0 Å². The number of carbonyl (C=O) groups is 1. The van der Waals surface area contributed by atoms with Gasteiger partial charge in [-0.05, 0) is 31.2 Å². The quantitative estimate of drug-likeness (QED) is 0.274. The van der Waals surface area contributed by atoms with E-state index in [9.17, 15) is 4.79 Å². The van der Waals surface area contributed by atoms with E-state index >= 15 is 0 Å². The van der Waals surface area contributed by atoms with E-state index in [-0.39, 0.29) is 5.78 Å². The van der Waals surface area contributed by atoms with E-state index in [1.54, 1.807) is 24.3 Å². The number of rotatable bonds is 15. The molecule has 0 amide bonds. The Morgan fingerprint density at radius 3 is 1.80 bits per heavy atom. The fourth-order valence-electron chi connectivity index (χ4n) is 1.80. The second-order valence-corrected chi connectivity index (χ2v) is 5.02. The van der Waals surface area contributed by atoms with Gasteiger partial charge in [0.1, 0.15) is 19.0 Å². The van der Waals surface area contributed by atoms with E-state index in [4.69, 9.17) is 30.1 Å². The molecule has 0 heterocycles. The summed E-state index contributed by atoms with van der Waals surface area (Å²) in [6.07, 6.45) is 5.05. The summed E-state index contributed by atoms with van der Waals surface area (Å²) in [4.78, 5) is 11.2. The fourth-order valence-corrected chi connectivity index (χ4v) is 1.80. The van der Waals surface area contributed by atoms with Gasteiger partial charge in [-0.2, -0.15) is 0 Å². The van der Waals surface area contributed by atoms with Crippen LogP contribution in [0, 0.1) is 12.3 Å². The maximum Gasteiger partial charge on any atom is 0.159 e. The standard InChI is InChI=1S/C19H26O6/c1-3-8-21-9-10-22-11-12-23-13-14-24-15-16-25-19-6-4-18(5-7-19)17(2)20/h1,4-7H,8-16H2,2H3. The average molecular weight is 350 g/mol. The highest BCUT2D eigenvalue weighted by Gasteiger charge is 1.99. The average Bonchev–Trinajstić information content (AvgIpc) is 2.62. The summed E-state index contributed by atoms with van der Waals surface area (Å²) in [6.45, 7) is 5.79. The van der Waals surface area contributed by atoms with E-state index in [2.05, 4.69) is 5.92 Å². The molecule has 0 aromatic heterocycles. The molecule has 0 aliphatic carbocycles. The largest absolute Gasteiger partial charge is 0.491 e. The Morgan fingerprint density at radius 2 is 1.32 bits per heavy atom. The van der Waals surface area contributed by atoms with Gasteiger partial charge in [0.05, 0.1) is 46.2 Å². The first-order chi connectivity index (χ1) is 12.2. The van der Waals surface area contributed by atoms with Crippen LogP contribution in [0.4, 0.5) is 0 Å². The molecule has 0 spiro atoms. The molecule has 0 atom stereocenters. The molecule has 0 bridgehead atoms. The number of hydrogen-bond acceptors (Lipinski definition) is 6. The lowest BCUT2D eigenvalue weighted by Gasteiger charge is -2.08. The SMILES string of the molecule is C#CCOCCOCCOCCOCCOc1ccc(C(C)=O)cc1. The van der Waals surface area contributed by atoms with Gasteiger partial charge in [-0.1, -0.05) is 5.92 Å². The Bertz CT molecular complexity index is 506. The number of ketones is 1. The van der Waals surface area contributed by atoms with Crippen molar-refractivity contribution in [3.63, 3.8) is 0 Å². The van der Waals surface area contributed by atoms with Crippen LogP contribution in [0.5, 0.6) is 5.75 Å². The first-order valence-corrected chi connectivity index (χ1v) is 8.22. The first-order valence-electron chi connectivity index (χ1n) is 8.22. The van der Waals surface area contributed by atoms with Crippen molar-refractivity contribution in [2.24, 2.45) is 0 Å². The Morgan fingerprint density at radius 1 is 0.840 bits per heavy atom. The lowest BCUT2D eigenvalue weighted by molar-refractivity contribution is -0.00187. The van der Waals surface area contributed by atoms with Gasteiger partial charge in [-0.25, -0.2) is 0 Å². The van der Waals surface area contributed by atoms with E-state index < -0.39 is 0 Å². The molecular weight excluding hydrogens is 324 g/mol. The maximum absolute atomic E-state index is 11.2. The van der Waals surface area contributed by atoms with Crippen LogP contribution in [0.15, 0.2) is 24.3 Å². The third kappa shape index (κ3) is 11.3. The van der Waals surface area contributed by atoms with Gasteiger partial charge in [-0.3, -0.25) is 4.79 Å². The fraction of sp³-hybridized carbons (Fsp3) is 0.526. The Hall–Kier alpha value is -1.91. The minimum atomic E-state index is 0.0394. The molecule has 0 N–H and O–H groups in total. The van der Waals surface area contributed by atoms with Gasteiger partial charge in [0.25, 0.3) is 0 Å². The first kappa shape index (κ1) is 21.1. The highest BCUT2D eigenvalue weighted by Crippen LogP contribution is 2.12. The zero-order chi connectivity index (χ0) is 18.2. The van der Waals surface area contributed by atoms with Crippen LogP contribution in [-0.4, -0.2) is 65.2 Å². The zero-order valence-corrected chi connectivity index (χ0v) is 14.7. The van der Waals surface area contributed by atoms with Crippen molar-refractivity contribution < 1.29 is 28.5 Å². The molecule has 6 heteroatoms. The molecular formula is C19H26O6. The summed E-state index contributed by atoms with van der Waals surface area (Å²) < 4.78 is 26.7. The number of Topliss-reactive ketones (excluding diaryl/α,β-unsaturated/α-hetero) is 1. The number of benzene rings is 1. The van der Waals surface area contributed by atoms with Crippen LogP contribution < -0.4 is 4.74 Å². The van der Waals surface area contributed by atoms with Crippen LogP contribution in [0.1, 0.15) is 17.3 Å². The lowest BCUT2D eigenvalue weighted by Crippen LogP contribution is -2.13. The molecule has 6 nitrogen and oxygen atoms in total. The van der Waals surface area contributed by atoms with E-state index in [0.29, 0.717) is 70.8 Å². The molecule has 0 aliphatic rings. The summed E-state index contributed by atoms with van der Waals surface area (Å²) in [5.41, 5.74) is 0.671. The highest BCUT2D eigenvalue weighted by atomic mass is 16.6. The third-order valence-electron chi connectivity index (χ3n) is 3.06. The van der Waals surface area contributed by atoms with Crippen molar-refractivity contribution in [3.05, 3.63) is 29.8 Å². The van der Waals surface area contributed by atoms with Gasteiger partial charge in [-0.15, -0.1) is 6.42 Å². The smallest absolute Gasteiger partial charge is 0.159 e. The molecule has 1 rings (SSSR count). The van der Waals surface area contributed by atoms with Gasteiger partial charge < -0.3 is 23.7 Å². The molecule has 0 aliphatic heterocycles. The van der Waals surface area contributed by atoms with Crippen molar-refractivity contribution in [2.45, 2.75) is 6.92 Å². The number of terminal acetylenes is 1. The number of carbonyl (C=O) groups excluding carboxylic acids is 1. The van der Waals surface area contributed by atoms with Crippen LogP contribution in [0.25, 0.3) is 0 Å². The predicted octanol–water partition coefficient (Wildman–Crippen LogP) is 1.97. The van der Waals surface area contributed by atoms with Crippen LogP contribution in [0.3, 0.4) is 0 Å². The molecule has 25 heavy (non-hydrogen) atoms. The van der Waals surface area contributed by atoms with Crippen LogP contribution >= 0.6 is 0 Å². The second kappa shape index (κ2) is 14.4. The zero-order valence-electron chi connectivity index (χ0n) is 14.7. The summed E-state index contributed by atoms with van der Waals surface area (Å²) in [5.74, 6) is 3.14. The Balaban J connectivity index is 1.86. The minimum Gasteiger partial charge on any atom is -0.491 e. The van der Waals surface area contributed by atoms with Crippen molar-refractivity contribution in [3.8, 4) is 18.1 Å².